The summed E-state index contributed by atoms with van der Waals surface area (Å²) in [7, 11) is 0. The molecule has 0 amide bonds. The fraction of sp³-hybridized carbons (Fsp3) is 0.0556. The molecule has 2 aromatic heterocycles. The molecule has 0 unspecified atom stereocenters. The highest BCUT2D eigenvalue weighted by Gasteiger charge is 2.33. The van der Waals surface area contributed by atoms with Crippen molar-refractivity contribution in [2.75, 3.05) is 16.4 Å². The fourth-order valence-corrected chi connectivity index (χ4v) is 3.67. The van der Waals surface area contributed by atoms with Crippen LogP contribution in [0.5, 0.6) is 0 Å². The van der Waals surface area contributed by atoms with Crippen LogP contribution < -0.4 is 16.4 Å². The summed E-state index contributed by atoms with van der Waals surface area (Å²) in [6.45, 7) is 0. The largest absolute Gasteiger partial charge is 0.417 e. The topological polar surface area (TPSA) is 88.8 Å². The molecule has 29 heavy (non-hydrogen) atoms. The Morgan fingerprint density at radius 3 is 2.45 bits per heavy atom. The van der Waals surface area contributed by atoms with Crippen molar-refractivity contribution >= 4 is 61.3 Å². The van der Waals surface area contributed by atoms with E-state index in [0.717, 1.165) is 22.3 Å². The van der Waals surface area contributed by atoms with Gasteiger partial charge in [-0.15, -0.1) is 0 Å². The number of para-hydroxylation sites is 1. The van der Waals surface area contributed by atoms with Gasteiger partial charge in [-0.3, -0.25) is 0 Å². The molecule has 0 fully saturated rings. The minimum Gasteiger partial charge on any atom is -0.393 e. The summed E-state index contributed by atoms with van der Waals surface area (Å²) in [6.07, 6.45) is -3.33. The maximum absolute atomic E-state index is 13.1. The Hall–Kier alpha value is -3.11. The third kappa shape index (κ3) is 4.03. The molecule has 4 aromatic rings. The van der Waals surface area contributed by atoms with Crippen molar-refractivity contribution in [1.82, 2.24) is 15.0 Å². The van der Waals surface area contributed by atoms with Crippen molar-refractivity contribution in [3.63, 3.8) is 0 Å². The van der Waals surface area contributed by atoms with E-state index in [1.807, 2.05) is 24.3 Å². The van der Waals surface area contributed by atoms with Gasteiger partial charge in [0.25, 0.3) is 0 Å². The van der Waals surface area contributed by atoms with Gasteiger partial charge < -0.3 is 16.4 Å². The molecule has 0 radical (unpaired) electrons. The van der Waals surface area contributed by atoms with Crippen molar-refractivity contribution in [3.8, 4) is 0 Å². The van der Waals surface area contributed by atoms with E-state index in [4.69, 9.17) is 17.3 Å². The maximum Gasteiger partial charge on any atom is 0.417 e. The maximum atomic E-state index is 13.1. The van der Waals surface area contributed by atoms with Gasteiger partial charge in [0.05, 0.1) is 20.8 Å². The number of hydrogen-bond acceptors (Lipinski definition) is 7. The molecule has 6 nitrogen and oxygen atoms in total. The van der Waals surface area contributed by atoms with Crippen LogP contribution in [0.25, 0.3) is 10.2 Å². The first kappa shape index (κ1) is 19.2. The number of hydrogen-bond donors (Lipinski definition) is 3. The number of nitrogens with one attached hydrogen (secondary N) is 2. The second-order valence-corrected chi connectivity index (χ2v) is 7.35. The number of thiazole rings is 1. The van der Waals surface area contributed by atoms with E-state index in [1.165, 1.54) is 23.7 Å². The van der Waals surface area contributed by atoms with E-state index in [-0.39, 0.29) is 23.0 Å². The summed E-state index contributed by atoms with van der Waals surface area (Å²) in [4.78, 5) is 12.6. The number of anilines is 5. The number of benzene rings is 2. The highest BCUT2D eigenvalue weighted by Crippen LogP contribution is 2.37. The molecule has 0 saturated heterocycles. The van der Waals surface area contributed by atoms with Crippen LogP contribution in [0.2, 0.25) is 5.02 Å². The Morgan fingerprint density at radius 1 is 1.00 bits per heavy atom. The van der Waals surface area contributed by atoms with Gasteiger partial charge in [0, 0.05) is 5.69 Å². The summed E-state index contributed by atoms with van der Waals surface area (Å²) in [6, 6.07) is 11.1. The van der Waals surface area contributed by atoms with E-state index in [2.05, 4.69) is 25.6 Å². The van der Waals surface area contributed by atoms with E-state index in [1.54, 1.807) is 0 Å². The number of rotatable bonds is 4. The molecule has 4 N–H and O–H groups in total. The smallest absolute Gasteiger partial charge is 0.393 e. The molecule has 2 heterocycles. The number of alkyl halides is 3. The van der Waals surface area contributed by atoms with Gasteiger partial charge in [0.2, 0.25) is 0 Å². The van der Waals surface area contributed by atoms with E-state index < -0.39 is 16.8 Å². The predicted octanol–water partition coefficient (Wildman–Crippen LogP) is 5.83. The normalized spacial score (nSPS) is 11.6. The van der Waals surface area contributed by atoms with Crippen LogP contribution in [-0.2, 0) is 6.18 Å². The summed E-state index contributed by atoms with van der Waals surface area (Å²) in [5.74, 6) is 0.436. The Labute approximate surface area is 171 Å². The summed E-state index contributed by atoms with van der Waals surface area (Å²) >= 11 is 7.07. The zero-order valence-corrected chi connectivity index (χ0v) is 16.0. The van der Waals surface area contributed by atoms with Gasteiger partial charge in [0.1, 0.15) is 12.0 Å². The van der Waals surface area contributed by atoms with Gasteiger partial charge in [0.15, 0.2) is 16.8 Å². The number of aromatic nitrogens is 3. The second-order valence-electron chi connectivity index (χ2n) is 5.91. The number of halogens is 4. The van der Waals surface area contributed by atoms with Gasteiger partial charge in [-0.2, -0.15) is 13.2 Å². The molecule has 0 bridgehead atoms. The summed E-state index contributed by atoms with van der Waals surface area (Å²) in [5.41, 5.74) is 6.25. The van der Waals surface area contributed by atoms with E-state index >= 15 is 0 Å². The van der Waals surface area contributed by atoms with Crippen LogP contribution in [0, 0.1) is 0 Å². The molecular weight excluding hydrogens is 425 g/mol. The van der Waals surface area contributed by atoms with Crippen LogP contribution in [-0.4, -0.2) is 15.0 Å². The third-order valence-corrected chi connectivity index (χ3v) is 5.22. The molecule has 4 rings (SSSR count). The Kier molecular flexibility index (Phi) is 4.89. The van der Waals surface area contributed by atoms with Crippen molar-refractivity contribution in [3.05, 3.63) is 59.4 Å². The monoisotopic (exact) mass is 436 g/mol. The van der Waals surface area contributed by atoms with Gasteiger partial charge in [-0.05, 0) is 30.3 Å². The first-order valence-electron chi connectivity index (χ1n) is 8.18. The lowest BCUT2D eigenvalue weighted by atomic mass is 10.2. The van der Waals surface area contributed by atoms with Crippen LogP contribution >= 0.6 is 22.9 Å². The standard InChI is InChI=1S/C18H12ClF3N6S/c19-11-6-5-9(7-10(11)18(20,21)22)26-15-14(23)16(25-8-24-15)28-17-27-12-3-1-2-4-13(12)29-17/h1-8H,23H2,(H2,24,25,26,27,28). The summed E-state index contributed by atoms with van der Waals surface area (Å²) in [5, 5.41) is 5.98. The van der Waals surface area contributed by atoms with E-state index in [0.29, 0.717) is 5.13 Å². The quantitative estimate of drug-likeness (QED) is 0.373. The van der Waals surface area contributed by atoms with Crippen LogP contribution in [0.15, 0.2) is 48.8 Å². The summed E-state index contributed by atoms with van der Waals surface area (Å²) < 4.78 is 40.2. The molecule has 11 heteroatoms. The lowest BCUT2D eigenvalue weighted by Crippen LogP contribution is -2.08. The number of fused-ring (bicyclic) bond motifs is 1. The average Bonchev–Trinajstić information content (AvgIpc) is 3.08. The van der Waals surface area contributed by atoms with Gasteiger partial charge in [-0.1, -0.05) is 35.1 Å². The SMILES string of the molecule is Nc1c(Nc2ccc(Cl)c(C(F)(F)F)c2)ncnc1Nc1nc2ccccc2s1. The second kappa shape index (κ2) is 7.37. The molecule has 148 valence electrons. The van der Waals surface area contributed by atoms with Crippen molar-refractivity contribution < 1.29 is 13.2 Å². The first-order chi connectivity index (χ1) is 13.8. The zero-order valence-electron chi connectivity index (χ0n) is 14.5. The minimum absolute atomic E-state index is 0.135. The van der Waals surface area contributed by atoms with Crippen molar-refractivity contribution in [2.24, 2.45) is 0 Å². The Morgan fingerprint density at radius 2 is 1.72 bits per heavy atom. The molecule has 0 aliphatic carbocycles. The molecule has 2 aromatic carbocycles. The van der Waals surface area contributed by atoms with Gasteiger partial charge in [-0.25, -0.2) is 15.0 Å². The van der Waals surface area contributed by atoms with Crippen LogP contribution in [0.1, 0.15) is 5.56 Å². The number of nitrogens with two attached hydrogens (primary N) is 1. The van der Waals surface area contributed by atoms with Crippen molar-refractivity contribution in [1.29, 1.82) is 0 Å². The Bertz CT molecular complexity index is 1160. The lowest BCUT2D eigenvalue weighted by Gasteiger charge is -2.14. The third-order valence-electron chi connectivity index (χ3n) is 3.94. The van der Waals surface area contributed by atoms with Crippen molar-refractivity contribution in [2.45, 2.75) is 6.18 Å². The molecule has 0 spiro atoms. The molecular formula is C18H12ClF3N6S. The average molecular weight is 437 g/mol. The van der Waals surface area contributed by atoms with Crippen LogP contribution in [0.3, 0.4) is 0 Å². The van der Waals surface area contributed by atoms with Crippen LogP contribution in [0.4, 0.5) is 41.3 Å². The number of nitrogen functional groups attached to an aromatic ring is 1. The first-order valence-corrected chi connectivity index (χ1v) is 9.37. The molecule has 0 atom stereocenters. The minimum atomic E-state index is -4.58. The molecule has 0 saturated carbocycles. The zero-order chi connectivity index (χ0) is 20.6. The highest BCUT2D eigenvalue weighted by atomic mass is 35.5. The van der Waals surface area contributed by atoms with E-state index in [9.17, 15) is 13.2 Å². The fourth-order valence-electron chi connectivity index (χ4n) is 2.58. The lowest BCUT2D eigenvalue weighted by molar-refractivity contribution is -0.137. The highest BCUT2D eigenvalue weighted by molar-refractivity contribution is 7.22. The molecule has 0 aliphatic rings. The number of nitrogens with zero attached hydrogens (tertiary/aromatic N) is 3. The Balaban J connectivity index is 1.61. The van der Waals surface area contributed by atoms with Gasteiger partial charge >= 0.3 is 6.18 Å². The molecule has 0 aliphatic heterocycles. The predicted molar refractivity (Wildman–Crippen MR) is 109 cm³/mol.